The Kier molecular flexibility index (Phi) is 7.10. The Morgan fingerprint density at radius 1 is 1.05 bits per heavy atom. The van der Waals surface area contributed by atoms with E-state index in [0.29, 0.717) is 11.4 Å². The molecular formula is C31H28N4O4. The first-order valence-corrected chi connectivity index (χ1v) is 12.6. The molecule has 0 spiro atoms. The van der Waals surface area contributed by atoms with Gasteiger partial charge in [-0.25, -0.2) is 14.6 Å². The third-order valence-corrected chi connectivity index (χ3v) is 6.65. The van der Waals surface area contributed by atoms with E-state index in [2.05, 4.69) is 15.3 Å². The number of imidazole rings is 1. The number of nitrogens with one attached hydrogen (secondary N) is 1. The van der Waals surface area contributed by atoms with Crippen LogP contribution in [0.1, 0.15) is 30.8 Å². The predicted molar refractivity (Wildman–Crippen MR) is 150 cm³/mol. The van der Waals surface area contributed by atoms with E-state index in [4.69, 9.17) is 4.74 Å². The Bertz CT molecular complexity index is 1650. The number of aromatic nitrogens is 3. The summed E-state index contributed by atoms with van der Waals surface area (Å²) in [4.78, 5) is 34.4. The largest absolute Gasteiger partial charge is 0.478 e. The van der Waals surface area contributed by atoms with Crippen molar-refractivity contribution in [1.82, 2.24) is 19.9 Å². The van der Waals surface area contributed by atoms with Crippen molar-refractivity contribution >= 4 is 34.7 Å². The lowest BCUT2D eigenvalue weighted by Gasteiger charge is -2.29. The van der Waals surface area contributed by atoms with E-state index < -0.39 is 17.9 Å². The van der Waals surface area contributed by atoms with Gasteiger partial charge in [-0.1, -0.05) is 54.6 Å². The fourth-order valence-electron chi connectivity index (χ4n) is 4.93. The molecule has 1 aliphatic rings. The van der Waals surface area contributed by atoms with Crippen molar-refractivity contribution in [2.45, 2.75) is 20.8 Å². The summed E-state index contributed by atoms with van der Waals surface area (Å²) in [6, 6.07) is 19.2. The standard InChI is InChI=1S/C31H28N4O4/c1-4-39-31(38)28-24(15-10-21-8-6-5-7-9-21)27(30(36)37)19(2)33-29(28)22-11-13-23(14-12-22)35-20(3)34-25-18-32-17-16-26(25)35/h5-18,24,33H,4H2,1-3H3,(H,36,37)/b15-10+. The lowest BCUT2D eigenvalue weighted by atomic mass is 9.83. The number of rotatable bonds is 7. The number of carbonyl (C=O) groups excluding carboxylic acids is 1. The lowest BCUT2D eigenvalue weighted by Crippen LogP contribution is -2.32. The number of nitrogens with zero attached hydrogens (tertiary/aromatic N) is 3. The van der Waals surface area contributed by atoms with E-state index in [1.807, 2.05) is 78.2 Å². The molecule has 2 aromatic carbocycles. The summed E-state index contributed by atoms with van der Waals surface area (Å²) in [5, 5.41) is 13.3. The Morgan fingerprint density at radius 3 is 2.49 bits per heavy atom. The fourth-order valence-corrected chi connectivity index (χ4v) is 4.93. The third kappa shape index (κ3) is 4.96. The van der Waals surface area contributed by atoms with Gasteiger partial charge in [0.1, 0.15) is 11.3 Å². The van der Waals surface area contributed by atoms with Crippen molar-refractivity contribution in [1.29, 1.82) is 0 Å². The maximum absolute atomic E-state index is 13.3. The van der Waals surface area contributed by atoms with Crippen molar-refractivity contribution < 1.29 is 19.4 Å². The summed E-state index contributed by atoms with van der Waals surface area (Å²) in [5.41, 5.74) is 5.58. The molecule has 5 rings (SSSR count). The van der Waals surface area contributed by atoms with Gasteiger partial charge in [0.15, 0.2) is 0 Å². The average molecular weight is 521 g/mol. The molecule has 4 aromatic rings. The Morgan fingerprint density at radius 2 is 1.79 bits per heavy atom. The molecule has 0 bridgehead atoms. The number of esters is 1. The van der Waals surface area contributed by atoms with Gasteiger partial charge >= 0.3 is 11.9 Å². The van der Waals surface area contributed by atoms with E-state index in [1.165, 1.54) is 0 Å². The molecule has 2 N–H and O–H groups in total. The molecule has 0 fully saturated rings. The molecule has 8 nitrogen and oxygen atoms in total. The highest BCUT2D eigenvalue weighted by Gasteiger charge is 2.36. The highest BCUT2D eigenvalue weighted by atomic mass is 16.5. The topological polar surface area (TPSA) is 106 Å². The second-order valence-corrected chi connectivity index (χ2v) is 9.13. The number of dihydropyridines is 1. The summed E-state index contributed by atoms with van der Waals surface area (Å²) in [5.74, 6) is -1.66. The Balaban J connectivity index is 1.62. The van der Waals surface area contributed by atoms with Gasteiger partial charge in [0, 0.05) is 23.5 Å². The number of allylic oxidation sites excluding steroid dienone is 2. The number of pyridine rings is 1. The highest BCUT2D eigenvalue weighted by molar-refractivity contribution is 6.04. The molecule has 0 aliphatic carbocycles. The van der Waals surface area contributed by atoms with Crippen LogP contribution in [0.15, 0.2) is 96.0 Å². The van der Waals surface area contributed by atoms with Crippen molar-refractivity contribution in [3.63, 3.8) is 0 Å². The summed E-state index contributed by atoms with van der Waals surface area (Å²) >= 11 is 0. The number of benzene rings is 2. The molecule has 3 heterocycles. The minimum absolute atomic E-state index is 0.0970. The van der Waals surface area contributed by atoms with E-state index in [-0.39, 0.29) is 17.8 Å². The minimum Gasteiger partial charge on any atom is -0.478 e. The molecular weight excluding hydrogens is 492 g/mol. The van der Waals surface area contributed by atoms with E-state index in [9.17, 15) is 14.7 Å². The maximum Gasteiger partial charge on any atom is 0.337 e. The number of hydrogen-bond acceptors (Lipinski definition) is 6. The van der Waals surface area contributed by atoms with Crippen LogP contribution < -0.4 is 5.32 Å². The van der Waals surface area contributed by atoms with Gasteiger partial charge in [0.05, 0.1) is 35.2 Å². The van der Waals surface area contributed by atoms with Crippen LogP contribution in [-0.2, 0) is 14.3 Å². The van der Waals surface area contributed by atoms with Crippen LogP contribution in [0, 0.1) is 12.8 Å². The first-order valence-electron chi connectivity index (χ1n) is 12.6. The molecule has 0 saturated carbocycles. The molecule has 8 heteroatoms. The zero-order valence-corrected chi connectivity index (χ0v) is 21.9. The predicted octanol–water partition coefficient (Wildman–Crippen LogP) is 5.29. The molecule has 0 saturated heterocycles. The van der Waals surface area contributed by atoms with Gasteiger partial charge in [0.2, 0.25) is 0 Å². The van der Waals surface area contributed by atoms with Crippen LogP contribution in [0.4, 0.5) is 0 Å². The average Bonchev–Trinajstić information content (AvgIpc) is 3.27. The van der Waals surface area contributed by atoms with Crippen LogP contribution >= 0.6 is 0 Å². The molecule has 39 heavy (non-hydrogen) atoms. The number of carbonyl (C=O) groups is 2. The van der Waals surface area contributed by atoms with Gasteiger partial charge in [-0.15, -0.1) is 0 Å². The van der Waals surface area contributed by atoms with Crippen molar-refractivity contribution in [3.05, 3.63) is 113 Å². The number of aliphatic carboxylic acids is 1. The smallest absolute Gasteiger partial charge is 0.337 e. The van der Waals surface area contributed by atoms with Crippen molar-refractivity contribution in [2.75, 3.05) is 6.61 Å². The lowest BCUT2D eigenvalue weighted by molar-refractivity contribution is -0.138. The second kappa shape index (κ2) is 10.8. The monoisotopic (exact) mass is 520 g/mol. The van der Waals surface area contributed by atoms with Gasteiger partial charge in [-0.2, -0.15) is 0 Å². The van der Waals surface area contributed by atoms with Crippen LogP contribution in [-0.4, -0.2) is 38.2 Å². The molecule has 1 aliphatic heterocycles. The van der Waals surface area contributed by atoms with Crippen LogP contribution in [0.5, 0.6) is 0 Å². The summed E-state index contributed by atoms with van der Waals surface area (Å²) in [6.45, 7) is 5.53. The zero-order valence-electron chi connectivity index (χ0n) is 21.9. The number of ether oxygens (including phenoxy) is 1. The molecule has 2 aromatic heterocycles. The summed E-state index contributed by atoms with van der Waals surface area (Å²) in [6.07, 6.45) is 7.04. The van der Waals surface area contributed by atoms with Crippen LogP contribution in [0.3, 0.4) is 0 Å². The van der Waals surface area contributed by atoms with Gasteiger partial charge in [-0.05, 0) is 50.1 Å². The zero-order chi connectivity index (χ0) is 27.5. The van der Waals surface area contributed by atoms with Crippen LogP contribution in [0.2, 0.25) is 0 Å². The quantitative estimate of drug-likeness (QED) is 0.319. The van der Waals surface area contributed by atoms with Crippen molar-refractivity contribution in [3.8, 4) is 5.69 Å². The summed E-state index contributed by atoms with van der Waals surface area (Å²) < 4.78 is 7.46. The van der Waals surface area contributed by atoms with E-state index >= 15 is 0 Å². The fraction of sp³-hybridized carbons (Fsp3) is 0.161. The van der Waals surface area contributed by atoms with Gasteiger partial charge < -0.3 is 15.2 Å². The van der Waals surface area contributed by atoms with Crippen LogP contribution in [0.25, 0.3) is 28.5 Å². The van der Waals surface area contributed by atoms with E-state index in [0.717, 1.165) is 33.7 Å². The molecule has 0 radical (unpaired) electrons. The first kappa shape index (κ1) is 25.7. The third-order valence-electron chi connectivity index (χ3n) is 6.65. The minimum atomic E-state index is -1.10. The number of aryl methyl sites for hydroxylation is 1. The summed E-state index contributed by atoms with van der Waals surface area (Å²) in [7, 11) is 0. The number of fused-ring (bicyclic) bond motifs is 1. The maximum atomic E-state index is 13.3. The van der Waals surface area contributed by atoms with Crippen molar-refractivity contribution in [2.24, 2.45) is 5.92 Å². The van der Waals surface area contributed by atoms with Gasteiger partial charge in [-0.3, -0.25) is 9.55 Å². The second-order valence-electron chi connectivity index (χ2n) is 9.13. The SMILES string of the molecule is CCOC(=O)C1=C(c2ccc(-n3c(C)nc4cnccc43)cc2)NC(C)=C(C(=O)O)C1/C=C/c1ccccc1. The van der Waals surface area contributed by atoms with E-state index in [1.54, 1.807) is 32.3 Å². The number of hydrogen-bond donors (Lipinski definition) is 2. The molecule has 196 valence electrons. The first-order chi connectivity index (χ1) is 18.9. The molecule has 1 unspecified atom stereocenters. The molecule has 1 atom stereocenters. The molecule has 0 amide bonds. The number of carboxylic acid groups (broad SMARTS) is 1. The van der Waals surface area contributed by atoms with Gasteiger partial charge in [0.25, 0.3) is 0 Å². The number of carboxylic acids is 1. The normalized spacial score (nSPS) is 15.6. The Labute approximate surface area is 226 Å². The Hall–Kier alpha value is -4.98. The highest BCUT2D eigenvalue weighted by Crippen LogP contribution is 2.36.